The van der Waals surface area contributed by atoms with Crippen molar-refractivity contribution in [3.05, 3.63) is 0 Å². The maximum Gasteiger partial charge on any atom is 0.322 e. The lowest BCUT2D eigenvalue weighted by Crippen LogP contribution is -2.59. The Hall–Kier alpha value is -0.650. The number of likely N-dealkylation sites (N-methyl/N-ethyl adjacent to an activating group) is 1. The molecule has 2 atom stereocenters. The average Bonchev–Trinajstić information content (AvgIpc) is 2.04. The maximum absolute atomic E-state index is 10.9. The van der Waals surface area contributed by atoms with E-state index < -0.39 is 12.0 Å². The van der Waals surface area contributed by atoms with Crippen LogP contribution in [0, 0.1) is 0 Å². The van der Waals surface area contributed by atoms with E-state index in [0.717, 1.165) is 13.1 Å². The predicted octanol–water partition coefficient (Wildman–Crippen LogP) is -1.27. The molecule has 3 N–H and O–H groups in total. The summed E-state index contributed by atoms with van der Waals surface area (Å²) in [5.41, 5.74) is 0. The van der Waals surface area contributed by atoms with E-state index in [2.05, 4.69) is 5.32 Å². The Kier molecular flexibility index (Phi) is 3.65. The average molecular weight is 188 g/mol. The molecule has 0 aliphatic carbocycles. The lowest BCUT2D eigenvalue weighted by Gasteiger charge is -2.36. The van der Waals surface area contributed by atoms with Crippen LogP contribution in [0.15, 0.2) is 0 Å². The molecule has 0 amide bonds. The van der Waals surface area contributed by atoms with Crippen LogP contribution in [0.25, 0.3) is 0 Å². The minimum absolute atomic E-state index is 0.0231. The number of aliphatic hydroxyl groups is 1. The van der Waals surface area contributed by atoms with Crippen molar-refractivity contribution in [3.63, 3.8) is 0 Å². The number of hydrogen-bond donors (Lipinski definition) is 3. The Morgan fingerprint density at radius 2 is 2.38 bits per heavy atom. The number of nitrogens with one attached hydrogen (secondary N) is 1. The summed E-state index contributed by atoms with van der Waals surface area (Å²) in [4.78, 5) is 12.7. The molecule has 1 rings (SSSR count). The molecule has 0 bridgehead atoms. The molecule has 1 saturated heterocycles. The summed E-state index contributed by atoms with van der Waals surface area (Å²) in [6, 6.07) is -0.651. The summed E-state index contributed by atoms with van der Waals surface area (Å²) in [5.74, 6) is -0.826. The molecule has 1 aliphatic heterocycles. The molecule has 1 aliphatic rings. The van der Waals surface area contributed by atoms with Crippen molar-refractivity contribution >= 4 is 5.97 Å². The Labute approximate surface area is 77.3 Å². The summed E-state index contributed by atoms with van der Waals surface area (Å²) in [7, 11) is 1.80. The van der Waals surface area contributed by atoms with Gasteiger partial charge in [-0.1, -0.05) is 0 Å². The lowest BCUT2D eigenvalue weighted by atomic mass is 10.0. The van der Waals surface area contributed by atoms with Crippen molar-refractivity contribution in [2.75, 3.05) is 26.7 Å². The van der Waals surface area contributed by atoms with E-state index in [1.54, 1.807) is 11.9 Å². The minimum Gasteiger partial charge on any atom is -0.480 e. The molecular formula is C8H16N2O3. The first kappa shape index (κ1) is 10.4. The van der Waals surface area contributed by atoms with Crippen molar-refractivity contribution in [3.8, 4) is 0 Å². The van der Waals surface area contributed by atoms with Crippen LogP contribution in [0.3, 0.4) is 0 Å². The number of aliphatic carboxylic acids is 1. The first-order valence-corrected chi connectivity index (χ1v) is 4.44. The minimum atomic E-state index is -0.826. The molecule has 0 saturated carbocycles. The van der Waals surface area contributed by atoms with Crippen LogP contribution < -0.4 is 5.32 Å². The van der Waals surface area contributed by atoms with Crippen molar-refractivity contribution < 1.29 is 15.0 Å². The number of carbonyl (C=O) groups is 1. The third-order valence-corrected chi connectivity index (χ3v) is 2.42. The molecule has 76 valence electrons. The van der Waals surface area contributed by atoms with Gasteiger partial charge in [0.15, 0.2) is 0 Å². The molecular weight excluding hydrogens is 172 g/mol. The van der Waals surface area contributed by atoms with Gasteiger partial charge >= 0.3 is 5.97 Å². The fraction of sp³-hybridized carbons (Fsp3) is 0.875. The molecule has 5 heteroatoms. The molecule has 0 spiro atoms. The molecule has 1 heterocycles. The summed E-state index contributed by atoms with van der Waals surface area (Å²) in [6.45, 7) is 1.54. The predicted molar refractivity (Wildman–Crippen MR) is 47.5 cm³/mol. The monoisotopic (exact) mass is 188 g/mol. The van der Waals surface area contributed by atoms with Crippen molar-refractivity contribution in [2.24, 2.45) is 0 Å². The van der Waals surface area contributed by atoms with Gasteiger partial charge in [0, 0.05) is 25.7 Å². The number of carboxylic acids is 1. The normalized spacial score (nSPS) is 30.3. The Morgan fingerprint density at radius 1 is 1.69 bits per heavy atom. The number of hydrogen-bond acceptors (Lipinski definition) is 4. The van der Waals surface area contributed by atoms with Gasteiger partial charge in [0.2, 0.25) is 0 Å². The Morgan fingerprint density at radius 3 is 2.92 bits per heavy atom. The highest BCUT2D eigenvalue weighted by Gasteiger charge is 2.33. The van der Waals surface area contributed by atoms with Crippen LogP contribution in [0.4, 0.5) is 0 Å². The zero-order chi connectivity index (χ0) is 9.84. The van der Waals surface area contributed by atoms with E-state index in [9.17, 15) is 4.79 Å². The standard InChI is InChI=1S/C8H16N2O3/c1-10-4-3-9-6(2-5-11)7(10)8(12)13/h6-7,9,11H,2-5H2,1H3,(H,12,13). The summed E-state index contributed by atoms with van der Waals surface area (Å²) in [6.07, 6.45) is 0.487. The highest BCUT2D eigenvalue weighted by molar-refractivity contribution is 5.74. The zero-order valence-corrected chi connectivity index (χ0v) is 7.73. The van der Waals surface area contributed by atoms with E-state index in [4.69, 9.17) is 10.2 Å². The zero-order valence-electron chi connectivity index (χ0n) is 7.73. The quantitative estimate of drug-likeness (QED) is 0.515. The van der Waals surface area contributed by atoms with Gasteiger partial charge in [-0.25, -0.2) is 0 Å². The molecule has 1 fully saturated rings. The van der Waals surface area contributed by atoms with Gasteiger partial charge in [0.05, 0.1) is 0 Å². The van der Waals surface area contributed by atoms with Crippen LogP contribution in [0.2, 0.25) is 0 Å². The second-order valence-electron chi connectivity index (χ2n) is 3.34. The van der Waals surface area contributed by atoms with Gasteiger partial charge in [-0.2, -0.15) is 0 Å². The topological polar surface area (TPSA) is 72.8 Å². The maximum atomic E-state index is 10.9. The van der Waals surface area contributed by atoms with Gasteiger partial charge in [0.25, 0.3) is 0 Å². The van der Waals surface area contributed by atoms with Crippen LogP contribution in [-0.4, -0.2) is 59.9 Å². The first-order chi connectivity index (χ1) is 6.16. The lowest BCUT2D eigenvalue weighted by molar-refractivity contribution is -0.145. The molecule has 0 radical (unpaired) electrons. The third-order valence-electron chi connectivity index (χ3n) is 2.42. The number of piperazine rings is 1. The van der Waals surface area contributed by atoms with Crippen molar-refractivity contribution in [1.82, 2.24) is 10.2 Å². The largest absolute Gasteiger partial charge is 0.480 e. The number of carboxylic acid groups (broad SMARTS) is 1. The summed E-state index contributed by atoms with van der Waals surface area (Å²) in [5, 5.41) is 20.8. The van der Waals surface area contributed by atoms with Crippen molar-refractivity contribution in [1.29, 1.82) is 0 Å². The molecule has 13 heavy (non-hydrogen) atoms. The van der Waals surface area contributed by atoms with Crippen molar-refractivity contribution in [2.45, 2.75) is 18.5 Å². The molecule has 0 aromatic heterocycles. The second-order valence-corrected chi connectivity index (χ2v) is 3.34. The van der Waals surface area contributed by atoms with Gasteiger partial charge in [-0.05, 0) is 13.5 Å². The number of aliphatic hydroxyl groups excluding tert-OH is 1. The summed E-state index contributed by atoms with van der Waals surface area (Å²) >= 11 is 0. The second kappa shape index (κ2) is 4.55. The van der Waals surface area contributed by atoms with Crippen LogP contribution in [0.5, 0.6) is 0 Å². The van der Waals surface area contributed by atoms with E-state index in [-0.39, 0.29) is 12.6 Å². The Balaban J connectivity index is 2.62. The van der Waals surface area contributed by atoms with Crippen LogP contribution >= 0.6 is 0 Å². The van der Waals surface area contributed by atoms with E-state index in [1.165, 1.54) is 0 Å². The highest BCUT2D eigenvalue weighted by atomic mass is 16.4. The van der Waals surface area contributed by atoms with E-state index in [0.29, 0.717) is 6.42 Å². The highest BCUT2D eigenvalue weighted by Crippen LogP contribution is 2.10. The van der Waals surface area contributed by atoms with Gasteiger partial charge < -0.3 is 15.5 Å². The van der Waals surface area contributed by atoms with Gasteiger partial charge in [-0.3, -0.25) is 9.69 Å². The van der Waals surface area contributed by atoms with Crippen LogP contribution in [-0.2, 0) is 4.79 Å². The first-order valence-electron chi connectivity index (χ1n) is 4.44. The van der Waals surface area contributed by atoms with E-state index >= 15 is 0 Å². The van der Waals surface area contributed by atoms with Gasteiger partial charge in [-0.15, -0.1) is 0 Å². The van der Waals surface area contributed by atoms with Gasteiger partial charge in [0.1, 0.15) is 6.04 Å². The number of nitrogens with zero attached hydrogens (tertiary/aromatic N) is 1. The van der Waals surface area contributed by atoms with E-state index in [1.807, 2.05) is 0 Å². The smallest absolute Gasteiger partial charge is 0.322 e. The molecule has 0 aromatic carbocycles. The summed E-state index contributed by atoms with van der Waals surface area (Å²) < 4.78 is 0. The molecule has 5 nitrogen and oxygen atoms in total. The van der Waals surface area contributed by atoms with Crippen LogP contribution in [0.1, 0.15) is 6.42 Å². The fourth-order valence-electron chi connectivity index (χ4n) is 1.74. The SMILES string of the molecule is CN1CCNC(CCO)C1C(=O)O. The fourth-order valence-corrected chi connectivity index (χ4v) is 1.74. The third kappa shape index (κ3) is 2.40. The Bertz CT molecular complexity index is 184. The molecule has 2 unspecified atom stereocenters. The number of rotatable bonds is 3. The molecule has 0 aromatic rings.